The minimum absolute atomic E-state index is 0.0000862. The molecule has 6 atom stereocenters. The Morgan fingerprint density at radius 3 is 2.74 bits per heavy atom. The summed E-state index contributed by atoms with van der Waals surface area (Å²) in [6.07, 6.45) is 15.5. The Hall–Kier alpha value is -0.640. The third-order valence-corrected chi connectivity index (χ3v) is 7.81. The Kier molecular flexibility index (Phi) is 3.75. The summed E-state index contributed by atoms with van der Waals surface area (Å²) in [6.45, 7) is 3.15. The summed E-state index contributed by atoms with van der Waals surface area (Å²) >= 11 is 0. The molecule has 3 nitrogen and oxygen atoms in total. The molecule has 0 aromatic carbocycles. The molecule has 3 heteroatoms. The predicted octanol–water partition coefficient (Wildman–Crippen LogP) is 3.77. The maximum absolute atomic E-state index is 9.26. The Labute approximate surface area is 139 Å². The number of aliphatic hydroxyl groups excluding tert-OH is 1. The second-order valence-electron chi connectivity index (χ2n) is 8.64. The molecule has 3 fully saturated rings. The van der Waals surface area contributed by atoms with Gasteiger partial charge < -0.3 is 14.9 Å². The maximum atomic E-state index is 9.26. The third-order valence-electron chi connectivity index (χ3n) is 7.81. The summed E-state index contributed by atoms with van der Waals surface area (Å²) in [6, 6.07) is 0. The second-order valence-corrected chi connectivity index (χ2v) is 8.64. The van der Waals surface area contributed by atoms with E-state index >= 15 is 0 Å². The van der Waals surface area contributed by atoms with Gasteiger partial charge >= 0.3 is 0 Å². The van der Waals surface area contributed by atoms with Gasteiger partial charge in [-0.2, -0.15) is 0 Å². The first kappa shape index (κ1) is 15.9. The lowest BCUT2D eigenvalue weighted by atomic mass is 9.48. The van der Waals surface area contributed by atoms with Gasteiger partial charge in [-0.15, -0.1) is 0 Å². The van der Waals surface area contributed by atoms with E-state index in [4.69, 9.17) is 4.74 Å². The lowest BCUT2D eigenvalue weighted by Gasteiger charge is -2.57. The summed E-state index contributed by atoms with van der Waals surface area (Å²) in [7, 11) is 0. The van der Waals surface area contributed by atoms with E-state index in [0.29, 0.717) is 5.92 Å². The van der Waals surface area contributed by atoms with Crippen LogP contribution in [0.5, 0.6) is 0 Å². The van der Waals surface area contributed by atoms with Gasteiger partial charge in [0.05, 0.1) is 6.10 Å². The van der Waals surface area contributed by atoms with Crippen molar-refractivity contribution in [3.8, 4) is 0 Å². The van der Waals surface area contributed by atoms with Crippen LogP contribution in [0.4, 0.5) is 0 Å². The van der Waals surface area contributed by atoms with Crippen LogP contribution in [0.3, 0.4) is 0 Å². The molecule has 0 saturated heterocycles. The lowest BCUT2D eigenvalue weighted by Crippen LogP contribution is -2.50. The molecule has 0 unspecified atom stereocenters. The predicted molar refractivity (Wildman–Crippen MR) is 89.3 cm³/mol. The highest BCUT2D eigenvalue weighted by Gasteiger charge is 2.58. The number of aliphatic hydroxyl groups is 2. The van der Waals surface area contributed by atoms with E-state index in [1.807, 2.05) is 0 Å². The van der Waals surface area contributed by atoms with Crippen LogP contribution >= 0.6 is 0 Å². The van der Waals surface area contributed by atoms with Crippen LogP contribution in [0.1, 0.15) is 58.8 Å². The maximum Gasteiger partial charge on any atom is 0.266 e. The fraction of sp³-hybridized carbons (Fsp3) is 0.800. The van der Waals surface area contributed by atoms with Gasteiger partial charge in [-0.3, -0.25) is 0 Å². The average Bonchev–Trinajstić information content (AvgIpc) is 2.83. The van der Waals surface area contributed by atoms with Crippen molar-refractivity contribution in [2.75, 3.05) is 0 Å². The Bertz CT molecular complexity index is 537. The zero-order valence-electron chi connectivity index (χ0n) is 14.4. The SMILES string of the molecule is C[C@]12CC[C@H]3[C@@H](CCC4=CCC=C[C@@]43C)[C@@H]1CC[C@@H]2OC(O)O. The molecule has 0 aliphatic heterocycles. The molecule has 0 amide bonds. The number of fused-ring (bicyclic) bond motifs is 5. The van der Waals surface area contributed by atoms with E-state index in [0.717, 1.165) is 31.1 Å². The lowest BCUT2D eigenvalue weighted by molar-refractivity contribution is -0.274. The number of rotatable bonds is 2. The zero-order chi connectivity index (χ0) is 16.2. The van der Waals surface area contributed by atoms with Crippen LogP contribution in [0, 0.1) is 28.6 Å². The fourth-order valence-electron chi connectivity index (χ4n) is 6.66. The van der Waals surface area contributed by atoms with Crippen molar-refractivity contribution in [1.29, 1.82) is 0 Å². The molecule has 128 valence electrons. The van der Waals surface area contributed by atoms with E-state index in [1.54, 1.807) is 5.57 Å². The van der Waals surface area contributed by atoms with Gasteiger partial charge in [0.2, 0.25) is 0 Å². The van der Waals surface area contributed by atoms with E-state index in [9.17, 15) is 10.2 Å². The number of allylic oxidation sites excluding steroid dienone is 4. The number of hydrogen-bond donors (Lipinski definition) is 2. The standard InChI is InChI=1S/C20H30O3/c1-19-11-4-3-5-13(19)6-7-14-15-8-9-17(23-18(21)22)20(15,2)12-10-16(14)19/h4-5,11,14-18,21-22H,3,6-10,12H2,1-2H3/t14-,15-,16-,17-,19-,20-/m0/s1. The summed E-state index contributed by atoms with van der Waals surface area (Å²) < 4.78 is 5.48. The summed E-state index contributed by atoms with van der Waals surface area (Å²) in [5.74, 6) is 2.16. The first-order valence-corrected chi connectivity index (χ1v) is 9.34. The van der Waals surface area contributed by atoms with Crippen molar-refractivity contribution < 1.29 is 14.9 Å². The topological polar surface area (TPSA) is 49.7 Å². The molecule has 4 aliphatic carbocycles. The van der Waals surface area contributed by atoms with Crippen LogP contribution < -0.4 is 0 Å². The quantitative estimate of drug-likeness (QED) is 0.602. The fourth-order valence-corrected chi connectivity index (χ4v) is 6.66. The molecule has 23 heavy (non-hydrogen) atoms. The highest BCUT2D eigenvalue weighted by Crippen LogP contribution is 2.64. The molecule has 4 rings (SSSR count). The molecule has 0 spiro atoms. The van der Waals surface area contributed by atoms with Crippen molar-refractivity contribution in [3.05, 3.63) is 23.8 Å². The Morgan fingerprint density at radius 1 is 1.13 bits per heavy atom. The van der Waals surface area contributed by atoms with E-state index in [2.05, 4.69) is 32.1 Å². The molecule has 0 heterocycles. The van der Waals surface area contributed by atoms with Gasteiger partial charge in [0.25, 0.3) is 6.48 Å². The van der Waals surface area contributed by atoms with Crippen LogP contribution in [0.2, 0.25) is 0 Å². The number of ether oxygens (including phenoxy) is 1. The Balaban J connectivity index is 1.62. The first-order chi connectivity index (χ1) is 10.9. The normalized spacial score (nSPS) is 48.7. The largest absolute Gasteiger partial charge is 0.346 e. The molecule has 2 N–H and O–H groups in total. The first-order valence-electron chi connectivity index (χ1n) is 9.34. The average molecular weight is 318 g/mol. The van der Waals surface area contributed by atoms with Crippen LogP contribution in [-0.4, -0.2) is 22.8 Å². The zero-order valence-corrected chi connectivity index (χ0v) is 14.4. The van der Waals surface area contributed by atoms with E-state index in [-0.39, 0.29) is 16.9 Å². The molecule has 0 radical (unpaired) electrons. The molecule has 0 aromatic rings. The van der Waals surface area contributed by atoms with Gasteiger partial charge in [-0.05, 0) is 68.1 Å². The van der Waals surface area contributed by atoms with Gasteiger partial charge in [-0.1, -0.05) is 37.6 Å². The van der Waals surface area contributed by atoms with Crippen molar-refractivity contribution >= 4 is 0 Å². The molecule has 4 aliphatic rings. The second kappa shape index (κ2) is 5.44. The Morgan fingerprint density at radius 2 is 1.96 bits per heavy atom. The molecule has 0 aromatic heterocycles. The molecule has 0 bridgehead atoms. The highest BCUT2D eigenvalue weighted by atomic mass is 16.7. The molecular formula is C20H30O3. The van der Waals surface area contributed by atoms with Gasteiger partial charge in [0, 0.05) is 5.41 Å². The minimum Gasteiger partial charge on any atom is -0.346 e. The van der Waals surface area contributed by atoms with Crippen molar-refractivity contribution in [3.63, 3.8) is 0 Å². The van der Waals surface area contributed by atoms with Crippen LogP contribution in [0.15, 0.2) is 23.8 Å². The molecule has 3 saturated carbocycles. The summed E-state index contributed by atoms with van der Waals surface area (Å²) in [5, 5.41) is 18.5. The van der Waals surface area contributed by atoms with Crippen molar-refractivity contribution in [2.24, 2.45) is 28.6 Å². The van der Waals surface area contributed by atoms with E-state index < -0.39 is 6.48 Å². The molecular weight excluding hydrogens is 288 g/mol. The van der Waals surface area contributed by atoms with Crippen molar-refractivity contribution in [2.45, 2.75) is 71.4 Å². The summed E-state index contributed by atoms with van der Waals surface area (Å²) in [4.78, 5) is 0. The smallest absolute Gasteiger partial charge is 0.266 e. The van der Waals surface area contributed by atoms with E-state index in [1.165, 1.54) is 25.7 Å². The van der Waals surface area contributed by atoms with Crippen LogP contribution in [0.25, 0.3) is 0 Å². The summed E-state index contributed by atoms with van der Waals surface area (Å²) in [5.41, 5.74) is 2.04. The highest BCUT2D eigenvalue weighted by molar-refractivity contribution is 5.31. The number of hydrogen-bond acceptors (Lipinski definition) is 3. The van der Waals surface area contributed by atoms with Gasteiger partial charge in [0.1, 0.15) is 0 Å². The van der Waals surface area contributed by atoms with Crippen molar-refractivity contribution in [1.82, 2.24) is 0 Å². The van der Waals surface area contributed by atoms with Gasteiger partial charge in [-0.25, -0.2) is 0 Å². The minimum atomic E-state index is -1.63. The van der Waals surface area contributed by atoms with Crippen LogP contribution in [-0.2, 0) is 4.74 Å². The monoisotopic (exact) mass is 318 g/mol. The van der Waals surface area contributed by atoms with Gasteiger partial charge in [0.15, 0.2) is 0 Å². The third kappa shape index (κ3) is 2.27.